The minimum atomic E-state index is -0.794. The normalized spacial score (nSPS) is 12.1. The molecule has 3 aromatic carbocycles. The second-order valence-corrected chi connectivity index (χ2v) is 9.66. The van der Waals surface area contributed by atoms with Crippen LogP contribution in [-0.2, 0) is 29.0 Å². The predicted octanol–water partition coefficient (Wildman–Crippen LogP) is 5.23. The molecule has 0 aliphatic carbocycles. The molecule has 0 saturated carbocycles. The molecule has 3 rings (SSSR count). The highest BCUT2D eigenvalue weighted by molar-refractivity contribution is 5.89. The first-order chi connectivity index (χ1) is 16.1. The van der Waals surface area contributed by atoms with Crippen LogP contribution in [0.1, 0.15) is 43.0 Å². The number of hydrogen-bond donors (Lipinski definition) is 1. The lowest BCUT2D eigenvalue weighted by molar-refractivity contribution is -0.141. The summed E-state index contributed by atoms with van der Waals surface area (Å²) in [5, 5.41) is 3.02. The zero-order valence-electron chi connectivity index (χ0n) is 20.3. The summed E-state index contributed by atoms with van der Waals surface area (Å²) in [6.07, 6.45) is 0.464. The first kappa shape index (κ1) is 25.2. The minimum Gasteiger partial charge on any atom is -0.350 e. The van der Waals surface area contributed by atoms with Gasteiger partial charge in [-0.1, -0.05) is 72.8 Å². The van der Waals surface area contributed by atoms with Crippen molar-refractivity contribution in [2.45, 2.75) is 58.7 Å². The summed E-state index contributed by atoms with van der Waals surface area (Å²) < 4.78 is 14.6. The standard InChI is InChI=1S/C29H33FN2O2/c1-21-12-8-9-15-23(21)19-27(33)32(20-24-16-10-11-17-25(24)30)26(28(34)31-29(2,3)4)18-22-13-6-5-7-14-22/h5-17,26H,18-20H2,1-4H3,(H,31,34). The van der Waals surface area contributed by atoms with Crippen LogP contribution in [-0.4, -0.2) is 28.3 Å². The van der Waals surface area contributed by atoms with Crippen LogP contribution in [0.15, 0.2) is 78.9 Å². The maximum Gasteiger partial charge on any atom is 0.243 e. The van der Waals surface area contributed by atoms with Crippen LogP contribution in [0.25, 0.3) is 0 Å². The Morgan fingerprint density at radius 2 is 1.47 bits per heavy atom. The average molecular weight is 461 g/mol. The molecule has 0 saturated heterocycles. The maximum atomic E-state index is 14.6. The van der Waals surface area contributed by atoms with E-state index in [-0.39, 0.29) is 24.8 Å². The third kappa shape index (κ3) is 7.01. The Morgan fingerprint density at radius 1 is 0.882 bits per heavy atom. The van der Waals surface area contributed by atoms with Gasteiger partial charge in [-0.05, 0) is 50.5 Å². The Hall–Kier alpha value is -3.47. The molecule has 0 aliphatic heterocycles. The third-order valence-corrected chi connectivity index (χ3v) is 5.67. The molecular formula is C29H33FN2O2. The molecule has 0 radical (unpaired) electrons. The number of rotatable bonds is 8. The van der Waals surface area contributed by atoms with Gasteiger partial charge in [-0.15, -0.1) is 0 Å². The smallest absolute Gasteiger partial charge is 0.243 e. The number of benzene rings is 3. The van der Waals surface area contributed by atoms with E-state index < -0.39 is 17.4 Å². The Labute approximate surface area is 201 Å². The molecule has 0 spiro atoms. The number of halogens is 1. The number of amides is 2. The second kappa shape index (κ2) is 11.1. The highest BCUT2D eigenvalue weighted by Crippen LogP contribution is 2.19. The largest absolute Gasteiger partial charge is 0.350 e. The summed E-state index contributed by atoms with van der Waals surface area (Å²) >= 11 is 0. The van der Waals surface area contributed by atoms with Gasteiger partial charge in [-0.3, -0.25) is 9.59 Å². The molecular weight excluding hydrogens is 427 g/mol. The fourth-order valence-electron chi connectivity index (χ4n) is 3.89. The fraction of sp³-hybridized carbons (Fsp3) is 0.310. The highest BCUT2D eigenvalue weighted by atomic mass is 19.1. The Kier molecular flexibility index (Phi) is 8.21. The lowest BCUT2D eigenvalue weighted by atomic mass is 9.99. The zero-order valence-corrected chi connectivity index (χ0v) is 20.3. The lowest BCUT2D eigenvalue weighted by Crippen LogP contribution is -2.54. The molecule has 4 nitrogen and oxygen atoms in total. The molecule has 1 N–H and O–H groups in total. The van der Waals surface area contributed by atoms with Gasteiger partial charge in [0, 0.05) is 24.1 Å². The van der Waals surface area contributed by atoms with E-state index in [1.54, 1.807) is 18.2 Å². The SMILES string of the molecule is Cc1ccccc1CC(=O)N(Cc1ccccc1F)C(Cc1ccccc1)C(=O)NC(C)(C)C. The van der Waals surface area contributed by atoms with E-state index in [1.165, 1.54) is 11.0 Å². The summed E-state index contributed by atoms with van der Waals surface area (Å²) in [7, 11) is 0. The van der Waals surface area contributed by atoms with Crippen molar-refractivity contribution >= 4 is 11.8 Å². The third-order valence-electron chi connectivity index (χ3n) is 5.67. The van der Waals surface area contributed by atoms with Crippen molar-refractivity contribution in [1.29, 1.82) is 0 Å². The number of nitrogens with one attached hydrogen (secondary N) is 1. The summed E-state index contributed by atoms with van der Waals surface area (Å²) in [6.45, 7) is 7.67. The Bertz CT molecular complexity index is 1120. The Balaban J connectivity index is 2.01. The van der Waals surface area contributed by atoms with Crippen molar-refractivity contribution in [3.05, 3.63) is 107 Å². The fourth-order valence-corrected chi connectivity index (χ4v) is 3.89. The molecule has 0 heterocycles. The number of aryl methyl sites for hydroxylation is 1. The number of carbonyl (C=O) groups is 2. The van der Waals surface area contributed by atoms with E-state index in [1.807, 2.05) is 82.3 Å². The second-order valence-electron chi connectivity index (χ2n) is 9.66. The van der Waals surface area contributed by atoms with Gasteiger partial charge in [0.1, 0.15) is 11.9 Å². The minimum absolute atomic E-state index is 0.00640. The zero-order chi connectivity index (χ0) is 24.7. The van der Waals surface area contributed by atoms with E-state index in [0.717, 1.165) is 16.7 Å². The van der Waals surface area contributed by atoms with Crippen LogP contribution in [0, 0.1) is 12.7 Å². The number of carbonyl (C=O) groups excluding carboxylic acids is 2. The molecule has 5 heteroatoms. The maximum absolute atomic E-state index is 14.6. The van der Waals surface area contributed by atoms with Crippen LogP contribution in [0.4, 0.5) is 4.39 Å². The quantitative estimate of drug-likeness (QED) is 0.500. The molecule has 0 fully saturated rings. The van der Waals surface area contributed by atoms with Crippen LogP contribution < -0.4 is 5.32 Å². The monoisotopic (exact) mass is 460 g/mol. The van der Waals surface area contributed by atoms with Crippen molar-refractivity contribution < 1.29 is 14.0 Å². The molecule has 0 bridgehead atoms. The molecule has 34 heavy (non-hydrogen) atoms. The van der Waals surface area contributed by atoms with Crippen molar-refractivity contribution in [2.75, 3.05) is 0 Å². The van der Waals surface area contributed by atoms with Gasteiger partial charge in [0.15, 0.2) is 0 Å². The van der Waals surface area contributed by atoms with Crippen LogP contribution in [0.5, 0.6) is 0 Å². The van der Waals surface area contributed by atoms with Crippen LogP contribution in [0.3, 0.4) is 0 Å². The van der Waals surface area contributed by atoms with E-state index in [4.69, 9.17) is 0 Å². The summed E-state index contributed by atoms with van der Waals surface area (Å²) in [5.74, 6) is -0.876. The molecule has 0 aliphatic rings. The topological polar surface area (TPSA) is 49.4 Å². The van der Waals surface area contributed by atoms with Crippen LogP contribution in [0.2, 0.25) is 0 Å². The van der Waals surface area contributed by atoms with E-state index in [0.29, 0.717) is 12.0 Å². The summed E-state index contributed by atoms with van der Waals surface area (Å²) in [6, 6.07) is 22.9. The van der Waals surface area contributed by atoms with Crippen molar-refractivity contribution in [3.63, 3.8) is 0 Å². The van der Waals surface area contributed by atoms with Crippen LogP contribution >= 0.6 is 0 Å². The molecule has 1 unspecified atom stereocenters. The first-order valence-electron chi connectivity index (χ1n) is 11.6. The van der Waals surface area contributed by atoms with Gasteiger partial charge in [0.2, 0.25) is 11.8 Å². The molecule has 0 aromatic heterocycles. The number of nitrogens with zero attached hydrogens (tertiary/aromatic N) is 1. The first-order valence-corrected chi connectivity index (χ1v) is 11.6. The predicted molar refractivity (Wildman–Crippen MR) is 134 cm³/mol. The molecule has 1 atom stereocenters. The van der Waals surface area contributed by atoms with Gasteiger partial charge < -0.3 is 10.2 Å². The van der Waals surface area contributed by atoms with Crippen molar-refractivity contribution in [2.24, 2.45) is 0 Å². The van der Waals surface area contributed by atoms with E-state index in [9.17, 15) is 14.0 Å². The van der Waals surface area contributed by atoms with Crippen molar-refractivity contribution in [1.82, 2.24) is 10.2 Å². The summed E-state index contributed by atoms with van der Waals surface area (Å²) in [5.41, 5.74) is 2.72. The highest BCUT2D eigenvalue weighted by Gasteiger charge is 2.32. The van der Waals surface area contributed by atoms with Crippen molar-refractivity contribution in [3.8, 4) is 0 Å². The molecule has 2 amide bonds. The molecule has 3 aromatic rings. The van der Waals surface area contributed by atoms with Gasteiger partial charge in [0.05, 0.1) is 6.42 Å². The Morgan fingerprint density at radius 3 is 2.09 bits per heavy atom. The average Bonchev–Trinajstić information content (AvgIpc) is 2.78. The van der Waals surface area contributed by atoms with Gasteiger partial charge in [-0.2, -0.15) is 0 Å². The lowest BCUT2D eigenvalue weighted by Gasteiger charge is -2.34. The van der Waals surface area contributed by atoms with E-state index in [2.05, 4.69) is 5.32 Å². The molecule has 178 valence electrons. The number of hydrogen-bond acceptors (Lipinski definition) is 2. The summed E-state index contributed by atoms with van der Waals surface area (Å²) in [4.78, 5) is 28.7. The van der Waals surface area contributed by atoms with Gasteiger partial charge in [-0.25, -0.2) is 4.39 Å². The van der Waals surface area contributed by atoms with E-state index >= 15 is 0 Å². The van der Waals surface area contributed by atoms with Gasteiger partial charge >= 0.3 is 0 Å². The van der Waals surface area contributed by atoms with Gasteiger partial charge in [0.25, 0.3) is 0 Å².